The molecule has 0 bridgehead atoms. The van der Waals surface area contributed by atoms with Crippen LogP contribution in [0.4, 0.5) is 0 Å². The highest BCUT2D eigenvalue weighted by Crippen LogP contribution is 2.13. The first-order valence-corrected chi connectivity index (χ1v) is 4.25. The van der Waals surface area contributed by atoms with Crippen molar-refractivity contribution in [2.24, 2.45) is 0 Å². The number of carbonyl (C=O) groups excluding carboxylic acids is 2. The molecule has 0 aromatic carbocycles. The molecular formula is C10H12O3. The van der Waals surface area contributed by atoms with Crippen LogP contribution in [0, 0.1) is 0 Å². The second-order valence-electron chi connectivity index (χ2n) is 2.80. The van der Waals surface area contributed by atoms with E-state index in [2.05, 4.69) is 0 Å². The molecule has 0 aromatic rings. The fraction of sp³-hybridized carbons (Fsp3) is 0.400. The normalized spacial score (nSPS) is 16.4. The summed E-state index contributed by atoms with van der Waals surface area (Å²) >= 11 is 0. The Bertz CT molecular complexity index is 274. The molecule has 1 aliphatic carbocycles. The van der Waals surface area contributed by atoms with Gasteiger partial charge in [-0.3, -0.25) is 4.79 Å². The predicted molar refractivity (Wildman–Crippen MR) is 48.1 cm³/mol. The van der Waals surface area contributed by atoms with Crippen molar-refractivity contribution < 1.29 is 14.3 Å². The van der Waals surface area contributed by atoms with Crippen LogP contribution in [-0.2, 0) is 14.3 Å². The van der Waals surface area contributed by atoms with E-state index in [9.17, 15) is 9.59 Å². The van der Waals surface area contributed by atoms with Gasteiger partial charge in [-0.1, -0.05) is 12.2 Å². The van der Waals surface area contributed by atoms with Gasteiger partial charge in [-0.2, -0.15) is 0 Å². The first kappa shape index (κ1) is 9.71. The lowest BCUT2D eigenvalue weighted by atomic mass is 10.2. The molecule has 1 aliphatic rings. The van der Waals surface area contributed by atoms with Gasteiger partial charge in [-0.25, -0.2) is 4.79 Å². The van der Waals surface area contributed by atoms with E-state index in [1.165, 1.54) is 6.08 Å². The SMILES string of the molecule is C/C=C/C(=O)OCC1=CCCC1=O. The fourth-order valence-electron chi connectivity index (χ4n) is 1.12. The molecule has 0 spiro atoms. The van der Waals surface area contributed by atoms with Gasteiger partial charge in [0.05, 0.1) is 0 Å². The molecule has 0 radical (unpaired) electrons. The minimum absolute atomic E-state index is 0.0910. The monoisotopic (exact) mass is 180 g/mol. The Morgan fingerprint density at radius 2 is 2.46 bits per heavy atom. The van der Waals surface area contributed by atoms with E-state index in [0.717, 1.165) is 6.42 Å². The molecule has 0 saturated heterocycles. The van der Waals surface area contributed by atoms with Crippen molar-refractivity contribution >= 4 is 11.8 Å². The molecule has 1 rings (SSSR count). The number of esters is 1. The van der Waals surface area contributed by atoms with Gasteiger partial charge in [-0.05, 0) is 13.3 Å². The third kappa shape index (κ3) is 2.86. The second-order valence-corrected chi connectivity index (χ2v) is 2.80. The first-order chi connectivity index (χ1) is 6.24. The van der Waals surface area contributed by atoms with Crippen LogP contribution in [0.25, 0.3) is 0 Å². The Morgan fingerprint density at radius 1 is 1.69 bits per heavy atom. The van der Waals surface area contributed by atoms with Crippen LogP contribution in [0.5, 0.6) is 0 Å². The van der Waals surface area contributed by atoms with Crippen LogP contribution in [0.15, 0.2) is 23.8 Å². The maximum Gasteiger partial charge on any atom is 0.330 e. The van der Waals surface area contributed by atoms with Gasteiger partial charge >= 0.3 is 5.97 Å². The van der Waals surface area contributed by atoms with Gasteiger partial charge in [0, 0.05) is 18.1 Å². The summed E-state index contributed by atoms with van der Waals surface area (Å²) < 4.78 is 4.82. The van der Waals surface area contributed by atoms with Crippen molar-refractivity contribution in [2.75, 3.05) is 6.61 Å². The zero-order chi connectivity index (χ0) is 9.68. The number of allylic oxidation sites excluding steroid dienone is 2. The Balaban J connectivity index is 2.34. The van der Waals surface area contributed by atoms with E-state index in [-0.39, 0.29) is 12.4 Å². The Kier molecular flexibility index (Phi) is 3.43. The fourth-order valence-corrected chi connectivity index (χ4v) is 1.12. The van der Waals surface area contributed by atoms with Crippen molar-refractivity contribution in [3.8, 4) is 0 Å². The standard InChI is InChI=1S/C10H12O3/c1-2-4-10(12)13-7-8-5-3-6-9(8)11/h2,4-5H,3,6-7H2,1H3/b4-2+. The molecule has 0 saturated carbocycles. The minimum Gasteiger partial charge on any atom is -0.458 e. The third-order valence-corrected chi connectivity index (χ3v) is 1.79. The van der Waals surface area contributed by atoms with Crippen LogP contribution in [0.2, 0.25) is 0 Å². The average molecular weight is 180 g/mol. The maximum absolute atomic E-state index is 11.1. The van der Waals surface area contributed by atoms with Crippen molar-refractivity contribution in [3.63, 3.8) is 0 Å². The molecule has 3 heteroatoms. The van der Waals surface area contributed by atoms with E-state index in [0.29, 0.717) is 12.0 Å². The lowest BCUT2D eigenvalue weighted by molar-refractivity contribution is -0.137. The second kappa shape index (κ2) is 4.60. The molecule has 0 heterocycles. The highest BCUT2D eigenvalue weighted by molar-refractivity contribution is 5.98. The molecule has 0 amide bonds. The largest absolute Gasteiger partial charge is 0.458 e. The molecule has 0 N–H and O–H groups in total. The molecule has 0 aliphatic heterocycles. The number of ketones is 1. The zero-order valence-electron chi connectivity index (χ0n) is 7.58. The van der Waals surface area contributed by atoms with Gasteiger partial charge in [0.2, 0.25) is 0 Å². The zero-order valence-corrected chi connectivity index (χ0v) is 7.58. The van der Waals surface area contributed by atoms with Gasteiger partial charge < -0.3 is 4.74 Å². The smallest absolute Gasteiger partial charge is 0.330 e. The summed E-state index contributed by atoms with van der Waals surface area (Å²) in [5.74, 6) is -0.309. The molecule has 13 heavy (non-hydrogen) atoms. The van der Waals surface area contributed by atoms with Gasteiger partial charge in [0.1, 0.15) is 6.61 Å². The third-order valence-electron chi connectivity index (χ3n) is 1.79. The van der Waals surface area contributed by atoms with E-state index >= 15 is 0 Å². The summed E-state index contributed by atoms with van der Waals surface area (Å²) in [5, 5.41) is 0. The molecule has 70 valence electrons. The molecule has 0 fully saturated rings. The summed E-state index contributed by atoms with van der Waals surface area (Å²) in [5.41, 5.74) is 0.623. The van der Waals surface area contributed by atoms with Crippen LogP contribution in [0.1, 0.15) is 19.8 Å². The number of hydrogen-bond acceptors (Lipinski definition) is 3. The highest BCUT2D eigenvalue weighted by Gasteiger charge is 2.15. The number of hydrogen-bond donors (Lipinski definition) is 0. The van der Waals surface area contributed by atoms with E-state index < -0.39 is 5.97 Å². The van der Waals surface area contributed by atoms with E-state index in [4.69, 9.17) is 4.74 Å². The minimum atomic E-state index is -0.400. The van der Waals surface area contributed by atoms with Gasteiger partial charge in [-0.15, -0.1) is 0 Å². The number of ether oxygens (including phenoxy) is 1. The number of Topliss-reactive ketones (excluding diaryl/α,β-unsaturated/α-hetero) is 1. The lowest BCUT2D eigenvalue weighted by Gasteiger charge is -2.00. The van der Waals surface area contributed by atoms with Crippen molar-refractivity contribution in [1.82, 2.24) is 0 Å². The Morgan fingerprint density at radius 3 is 3.00 bits per heavy atom. The predicted octanol–water partition coefficient (Wildman–Crippen LogP) is 1.40. The summed E-state index contributed by atoms with van der Waals surface area (Å²) in [6.07, 6.45) is 6.09. The lowest BCUT2D eigenvalue weighted by Crippen LogP contribution is -2.08. The first-order valence-electron chi connectivity index (χ1n) is 4.25. The van der Waals surface area contributed by atoms with Crippen LogP contribution in [-0.4, -0.2) is 18.4 Å². The topological polar surface area (TPSA) is 43.4 Å². The summed E-state index contributed by atoms with van der Waals surface area (Å²) in [6, 6.07) is 0. The molecule has 0 atom stereocenters. The molecule has 3 nitrogen and oxygen atoms in total. The van der Waals surface area contributed by atoms with Gasteiger partial charge in [0.15, 0.2) is 5.78 Å². The quantitative estimate of drug-likeness (QED) is 0.487. The number of rotatable bonds is 3. The molecule has 0 unspecified atom stereocenters. The summed E-state index contributed by atoms with van der Waals surface area (Å²) in [7, 11) is 0. The number of carbonyl (C=O) groups is 2. The summed E-state index contributed by atoms with van der Waals surface area (Å²) in [6.45, 7) is 1.85. The van der Waals surface area contributed by atoms with Crippen LogP contribution in [0.3, 0.4) is 0 Å². The Labute approximate surface area is 77.1 Å². The Hall–Kier alpha value is -1.38. The van der Waals surface area contributed by atoms with E-state index in [1.807, 2.05) is 6.08 Å². The van der Waals surface area contributed by atoms with Crippen molar-refractivity contribution in [2.45, 2.75) is 19.8 Å². The van der Waals surface area contributed by atoms with Crippen LogP contribution < -0.4 is 0 Å². The van der Waals surface area contributed by atoms with Crippen molar-refractivity contribution in [3.05, 3.63) is 23.8 Å². The summed E-state index contributed by atoms with van der Waals surface area (Å²) in [4.78, 5) is 21.9. The molecule has 0 aromatic heterocycles. The van der Waals surface area contributed by atoms with Crippen LogP contribution >= 0.6 is 0 Å². The van der Waals surface area contributed by atoms with Gasteiger partial charge in [0.25, 0.3) is 0 Å². The van der Waals surface area contributed by atoms with E-state index in [1.54, 1.807) is 13.0 Å². The maximum atomic E-state index is 11.1. The van der Waals surface area contributed by atoms with Crippen molar-refractivity contribution in [1.29, 1.82) is 0 Å². The molecular weight excluding hydrogens is 168 g/mol. The highest BCUT2D eigenvalue weighted by atomic mass is 16.5. The average Bonchev–Trinajstić information content (AvgIpc) is 2.48.